The summed E-state index contributed by atoms with van der Waals surface area (Å²) in [7, 11) is 0. The number of pyridine rings is 1. The van der Waals surface area contributed by atoms with Crippen molar-refractivity contribution < 1.29 is 4.92 Å². The largest absolute Gasteiger partial charge is 0.367 e. The SMILES string of the molecule is CSCCC(C)Nc1cc([N+](=O)[O-])cc(Cl)n1. The molecule has 0 bridgehead atoms. The Morgan fingerprint density at radius 2 is 2.35 bits per heavy atom. The first-order valence-electron chi connectivity index (χ1n) is 5.10. The van der Waals surface area contributed by atoms with Gasteiger partial charge in [0.15, 0.2) is 0 Å². The van der Waals surface area contributed by atoms with Gasteiger partial charge in [-0.3, -0.25) is 10.1 Å². The smallest absolute Gasteiger partial charge is 0.276 e. The molecule has 1 aromatic heterocycles. The van der Waals surface area contributed by atoms with E-state index >= 15 is 0 Å². The Morgan fingerprint density at radius 3 is 2.94 bits per heavy atom. The number of hydrogen-bond acceptors (Lipinski definition) is 5. The van der Waals surface area contributed by atoms with Crippen molar-refractivity contribution >= 4 is 34.9 Å². The molecule has 94 valence electrons. The molecule has 1 aromatic rings. The maximum Gasteiger partial charge on any atom is 0.276 e. The van der Waals surface area contributed by atoms with E-state index in [0.717, 1.165) is 12.2 Å². The van der Waals surface area contributed by atoms with Crippen LogP contribution in [-0.2, 0) is 0 Å². The second kappa shape index (κ2) is 6.66. The summed E-state index contributed by atoms with van der Waals surface area (Å²) in [5.74, 6) is 1.47. The van der Waals surface area contributed by atoms with Gasteiger partial charge in [0.05, 0.1) is 17.1 Å². The molecule has 1 heterocycles. The van der Waals surface area contributed by atoms with E-state index in [1.165, 1.54) is 12.1 Å². The molecule has 1 N–H and O–H groups in total. The highest BCUT2D eigenvalue weighted by Crippen LogP contribution is 2.21. The van der Waals surface area contributed by atoms with Gasteiger partial charge in [-0.2, -0.15) is 11.8 Å². The summed E-state index contributed by atoms with van der Waals surface area (Å²) < 4.78 is 0. The predicted molar refractivity (Wildman–Crippen MR) is 72.0 cm³/mol. The molecule has 0 aliphatic carbocycles. The number of aromatic nitrogens is 1. The van der Waals surface area contributed by atoms with Gasteiger partial charge in [0.25, 0.3) is 5.69 Å². The molecule has 0 aliphatic heterocycles. The summed E-state index contributed by atoms with van der Waals surface area (Å²) in [6.07, 6.45) is 3.00. The number of anilines is 1. The van der Waals surface area contributed by atoms with Crippen LogP contribution < -0.4 is 5.32 Å². The second-order valence-electron chi connectivity index (χ2n) is 3.62. The summed E-state index contributed by atoms with van der Waals surface area (Å²) in [5.41, 5.74) is -0.0513. The van der Waals surface area contributed by atoms with Gasteiger partial charge in [-0.1, -0.05) is 11.6 Å². The molecule has 1 unspecified atom stereocenters. The molecule has 0 aliphatic rings. The van der Waals surface area contributed by atoms with Gasteiger partial charge in [0.2, 0.25) is 0 Å². The first kappa shape index (κ1) is 14.1. The average molecular weight is 276 g/mol. The van der Waals surface area contributed by atoms with E-state index < -0.39 is 4.92 Å². The zero-order valence-electron chi connectivity index (χ0n) is 9.64. The van der Waals surface area contributed by atoms with Crippen molar-refractivity contribution in [3.8, 4) is 0 Å². The van der Waals surface area contributed by atoms with Crippen molar-refractivity contribution in [2.75, 3.05) is 17.3 Å². The Bertz CT molecular complexity index is 403. The number of hydrogen-bond donors (Lipinski definition) is 1. The lowest BCUT2D eigenvalue weighted by Crippen LogP contribution is -2.16. The van der Waals surface area contributed by atoms with Crippen LogP contribution in [0.2, 0.25) is 5.15 Å². The molecule has 0 spiro atoms. The van der Waals surface area contributed by atoms with Crippen LogP contribution in [-0.4, -0.2) is 28.0 Å². The van der Waals surface area contributed by atoms with Gasteiger partial charge in [-0.15, -0.1) is 0 Å². The molecule has 0 saturated heterocycles. The fourth-order valence-corrected chi connectivity index (χ4v) is 2.07. The minimum absolute atomic E-state index is 0.0513. The molecule has 0 saturated carbocycles. The molecule has 17 heavy (non-hydrogen) atoms. The van der Waals surface area contributed by atoms with Crippen LogP contribution in [0.4, 0.5) is 11.5 Å². The molecule has 7 heteroatoms. The van der Waals surface area contributed by atoms with Crippen molar-refractivity contribution in [3.63, 3.8) is 0 Å². The molecular formula is C10H14ClN3O2S. The molecule has 0 aromatic carbocycles. The molecular weight excluding hydrogens is 262 g/mol. The number of nitrogens with zero attached hydrogens (tertiary/aromatic N) is 2. The normalized spacial score (nSPS) is 12.2. The van der Waals surface area contributed by atoms with Crippen molar-refractivity contribution in [2.45, 2.75) is 19.4 Å². The van der Waals surface area contributed by atoms with Gasteiger partial charge in [-0.25, -0.2) is 4.98 Å². The summed E-state index contributed by atoms with van der Waals surface area (Å²) >= 11 is 7.48. The van der Waals surface area contributed by atoms with E-state index in [4.69, 9.17) is 11.6 Å². The Labute approximate surface area is 109 Å². The van der Waals surface area contributed by atoms with E-state index in [2.05, 4.69) is 10.3 Å². The number of nitro groups is 1. The molecule has 0 fully saturated rings. The second-order valence-corrected chi connectivity index (χ2v) is 4.99. The van der Waals surface area contributed by atoms with E-state index in [1.807, 2.05) is 13.2 Å². The fraction of sp³-hybridized carbons (Fsp3) is 0.500. The Hall–Kier alpha value is -1.01. The summed E-state index contributed by atoms with van der Waals surface area (Å²) in [5, 5.41) is 13.9. The van der Waals surface area contributed by atoms with Crippen molar-refractivity contribution in [2.24, 2.45) is 0 Å². The highest BCUT2D eigenvalue weighted by Gasteiger charge is 2.11. The lowest BCUT2D eigenvalue weighted by molar-refractivity contribution is -0.384. The van der Waals surface area contributed by atoms with Crippen LogP contribution in [0.3, 0.4) is 0 Å². The Morgan fingerprint density at radius 1 is 1.65 bits per heavy atom. The number of rotatable bonds is 6. The molecule has 0 radical (unpaired) electrons. The third kappa shape index (κ3) is 4.79. The van der Waals surface area contributed by atoms with E-state index in [9.17, 15) is 10.1 Å². The standard InChI is InChI=1S/C10H14ClN3O2S/c1-7(3-4-17-2)12-10-6-8(14(15)16)5-9(11)13-10/h5-7H,3-4H2,1-2H3,(H,12,13). The topological polar surface area (TPSA) is 68.1 Å². The lowest BCUT2D eigenvalue weighted by Gasteiger charge is -2.13. The maximum absolute atomic E-state index is 10.7. The van der Waals surface area contributed by atoms with Crippen molar-refractivity contribution in [3.05, 3.63) is 27.4 Å². The third-order valence-electron chi connectivity index (χ3n) is 2.14. The number of nitrogens with one attached hydrogen (secondary N) is 1. The van der Waals surface area contributed by atoms with Crippen molar-refractivity contribution in [1.82, 2.24) is 4.98 Å². The van der Waals surface area contributed by atoms with Gasteiger partial charge in [0, 0.05) is 6.04 Å². The first-order valence-corrected chi connectivity index (χ1v) is 6.87. The molecule has 1 atom stereocenters. The minimum Gasteiger partial charge on any atom is -0.367 e. The van der Waals surface area contributed by atoms with E-state index in [-0.39, 0.29) is 16.9 Å². The monoisotopic (exact) mass is 275 g/mol. The van der Waals surface area contributed by atoms with Crippen LogP contribution in [0, 0.1) is 10.1 Å². The fourth-order valence-electron chi connectivity index (χ4n) is 1.28. The van der Waals surface area contributed by atoms with Gasteiger partial charge in [0.1, 0.15) is 11.0 Å². The van der Waals surface area contributed by atoms with Gasteiger partial charge in [-0.05, 0) is 25.4 Å². The zero-order chi connectivity index (χ0) is 12.8. The van der Waals surface area contributed by atoms with Gasteiger partial charge < -0.3 is 5.32 Å². The molecule has 0 amide bonds. The maximum atomic E-state index is 10.7. The summed E-state index contributed by atoms with van der Waals surface area (Å²) in [6, 6.07) is 2.83. The van der Waals surface area contributed by atoms with Crippen LogP contribution in [0.15, 0.2) is 12.1 Å². The third-order valence-corrected chi connectivity index (χ3v) is 2.98. The highest BCUT2D eigenvalue weighted by atomic mass is 35.5. The summed E-state index contributed by atoms with van der Waals surface area (Å²) in [4.78, 5) is 14.2. The first-order chi connectivity index (χ1) is 8.02. The number of thioether (sulfide) groups is 1. The van der Waals surface area contributed by atoms with Gasteiger partial charge >= 0.3 is 0 Å². The molecule has 5 nitrogen and oxygen atoms in total. The van der Waals surface area contributed by atoms with Crippen molar-refractivity contribution in [1.29, 1.82) is 0 Å². The molecule has 1 rings (SSSR count). The average Bonchev–Trinajstić information content (AvgIpc) is 2.25. The zero-order valence-corrected chi connectivity index (χ0v) is 11.2. The van der Waals surface area contributed by atoms with E-state index in [1.54, 1.807) is 11.8 Å². The Balaban J connectivity index is 2.73. The lowest BCUT2D eigenvalue weighted by atomic mass is 10.2. The Kier molecular flexibility index (Phi) is 5.50. The van der Waals surface area contributed by atoms with E-state index in [0.29, 0.717) is 5.82 Å². The summed E-state index contributed by atoms with van der Waals surface area (Å²) in [6.45, 7) is 2.00. The van der Waals surface area contributed by atoms with Crippen LogP contribution in [0.5, 0.6) is 0 Å². The quantitative estimate of drug-likeness (QED) is 0.490. The van der Waals surface area contributed by atoms with Crippen LogP contribution in [0.1, 0.15) is 13.3 Å². The number of halogens is 1. The highest BCUT2D eigenvalue weighted by molar-refractivity contribution is 7.98. The minimum atomic E-state index is -0.481. The van der Waals surface area contributed by atoms with Crippen LogP contribution in [0.25, 0.3) is 0 Å². The van der Waals surface area contributed by atoms with Crippen LogP contribution >= 0.6 is 23.4 Å². The predicted octanol–water partition coefficient (Wildman–Crippen LogP) is 3.20.